The maximum Gasteiger partial charge on any atom is 0.315 e. The van der Waals surface area contributed by atoms with Crippen molar-refractivity contribution >= 4 is 17.3 Å². The van der Waals surface area contributed by atoms with Crippen LogP contribution in [-0.2, 0) is 11.2 Å². The molecule has 0 atom stereocenters. The summed E-state index contributed by atoms with van der Waals surface area (Å²) in [6.07, 6.45) is -0.140. The van der Waals surface area contributed by atoms with Crippen molar-refractivity contribution in [2.75, 3.05) is 0 Å². The molecule has 0 aliphatic rings. The summed E-state index contributed by atoms with van der Waals surface area (Å²) in [6.45, 7) is 0. The molecule has 0 amide bonds. The number of ether oxygens (including phenoxy) is 1. The topological polar surface area (TPSA) is 113 Å². The smallest absolute Gasteiger partial charge is 0.315 e. The van der Waals surface area contributed by atoms with E-state index in [1.165, 1.54) is 42.5 Å². The van der Waals surface area contributed by atoms with Gasteiger partial charge in [0.2, 0.25) is 0 Å². The molecule has 0 aliphatic carbocycles. The van der Waals surface area contributed by atoms with Gasteiger partial charge in [0.05, 0.1) is 16.3 Å². The summed E-state index contributed by atoms with van der Waals surface area (Å²) >= 11 is 0. The second-order valence-corrected chi connectivity index (χ2v) is 4.33. The summed E-state index contributed by atoms with van der Waals surface area (Å²) in [5, 5.41) is 21.2. The summed E-state index contributed by atoms with van der Waals surface area (Å²) in [7, 11) is 0. The van der Waals surface area contributed by atoms with Crippen molar-refractivity contribution in [1.29, 1.82) is 0 Å². The van der Waals surface area contributed by atoms with Gasteiger partial charge in [-0.05, 0) is 17.7 Å². The van der Waals surface area contributed by atoms with Crippen LogP contribution in [0, 0.1) is 20.2 Å². The van der Waals surface area contributed by atoms with E-state index in [1.807, 2.05) is 0 Å². The van der Waals surface area contributed by atoms with Crippen molar-refractivity contribution in [2.24, 2.45) is 0 Å². The minimum absolute atomic E-state index is 0.111. The first-order chi connectivity index (χ1) is 10.5. The summed E-state index contributed by atoms with van der Waals surface area (Å²) in [6, 6.07) is 10.7. The predicted octanol–water partition coefficient (Wildman–Crippen LogP) is 2.65. The minimum Gasteiger partial charge on any atom is -0.426 e. The van der Waals surface area contributed by atoms with Crippen LogP contribution in [0.15, 0.2) is 48.5 Å². The molecule has 0 saturated heterocycles. The highest BCUT2D eigenvalue weighted by molar-refractivity contribution is 5.75. The van der Waals surface area contributed by atoms with Crippen molar-refractivity contribution in [3.63, 3.8) is 0 Å². The van der Waals surface area contributed by atoms with Gasteiger partial charge in [0, 0.05) is 24.3 Å². The van der Waals surface area contributed by atoms with Crippen LogP contribution >= 0.6 is 0 Å². The van der Waals surface area contributed by atoms with Gasteiger partial charge in [-0.3, -0.25) is 25.0 Å². The number of non-ortho nitro benzene ring substituents is 2. The molecule has 0 radical (unpaired) electrons. The molecule has 0 bridgehead atoms. The molecule has 0 aliphatic heterocycles. The van der Waals surface area contributed by atoms with Crippen LogP contribution in [0.5, 0.6) is 5.75 Å². The summed E-state index contributed by atoms with van der Waals surface area (Å²) < 4.78 is 5.02. The maximum absolute atomic E-state index is 11.8. The molecule has 8 nitrogen and oxygen atoms in total. The number of carbonyl (C=O) groups excluding carboxylic acids is 1. The fraction of sp³-hybridized carbons (Fsp3) is 0.0714. The number of nitro groups is 2. The van der Waals surface area contributed by atoms with Crippen LogP contribution in [0.4, 0.5) is 11.4 Å². The molecule has 2 aromatic rings. The quantitative estimate of drug-likeness (QED) is 0.363. The lowest BCUT2D eigenvalue weighted by Crippen LogP contribution is -2.11. The van der Waals surface area contributed by atoms with Gasteiger partial charge in [-0.2, -0.15) is 0 Å². The Bertz CT molecular complexity index is 726. The van der Waals surface area contributed by atoms with Gasteiger partial charge in [0.1, 0.15) is 5.75 Å². The van der Waals surface area contributed by atoms with E-state index in [2.05, 4.69) is 0 Å². The molecule has 2 rings (SSSR count). The molecule has 112 valence electrons. The van der Waals surface area contributed by atoms with Crippen molar-refractivity contribution in [2.45, 2.75) is 6.42 Å². The normalized spacial score (nSPS) is 10.0. The Morgan fingerprint density at radius 3 is 2.18 bits per heavy atom. The maximum atomic E-state index is 11.8. The van der Waals surface area contributed by atoms with Gasteiger partial charge in [-0.25, -0.2) is 0 Å². The van der Waals surface area contributed by atoms with E-state index in [4.69, 9.17) is 4.74 Å². The van der Waals surface area contributed by atoms with Crippen LogP contribution in [-0.4, -0.2) is 15.8 Å². The van der Waals surface area contributed by atoms with E-state index in [-0.39, 0.29) is 23.5 Å². The first-order valence-corrected chi connectivity index (χ1v) is 6.14. The van der Waals surface area contributed by atoms with E-state index >= 15 is 0 Å². The van der Waals surface area contributed by atoms with E-state index in [0.717, 1.165) is 0 Å². The zero-order valence-electron chi connectivity index (χ0n) is 11.2. The van der Waals surface area contributed by atoms with Crippen LogP contribution in [0.25, 0.3) is 0 Å². The van der Waals surface area contributed by atoms with Crippen molar-refractivity contribution in [1.82, 2.24) is 0 Å². The molecule has 8 heteroatoms. The standard InChI is InChI=1S/C14H10N2O6/c17-14(9-10-2-1-3-12(8-10)16(20)21)22-13-6-4-11(5-7-13)15(18)19/h1-8H,9H2. The number of nitrogens with zero attached hydrogens (tertiary/aromatic N) is 2. The largest absolute Gasteiger partial charge is 0.426 e. The third-order valence-corrected chi connectivity index (χ3v) is 2.75. The zero-order chi connectivity index (χ0) is 16.1. The number of nitro benzene ring substituents is 2. The highest BCUT2D eigenvalue weighted by Crippen LogP contribution is 2.18. The Morgan fingerprint density at radius 1 is 0.955 bits per heavy atom. The van der Waals surface area contributed by atoms with Crippen LogP contribution in [0.1, 0.15) is 5.56 Å². The highest BCUT2D eigenvalue weighted by Gasteiger charge is 2.11. The highest BCUT2D eigenvalue weighted by atomic mass is 16.6. The molecule has 0 heterocycles. The average molecular weight is 302 g/mol. The molecule has 22 heavy (non-hydrogen) atoms. The van der Waals surface area contributed by atoms with Crippen LogP contribution in [0.2, 0.25) is 0 Å². The Hall–Kier alpha value is -3.29. The first-order valence-electron chi connectivity index (χ1n) is 6.14. The summed E-state index contributed by atoms with van der Waals surface area (Å²) in [5.74, 6) is -0.449. The Labute approximate surface area is 124 Å². The van der Waals surface area contributed by atoms with E-state index in [9.17, 15) is 25.0 Å². The number of rotatable bonds is 5. The minimum atomic E-state index is -0.616. The van der Waals surface area contributed by atoms with Gasteiger partial charge in [0.25, 0.3) is 11.4 Å². The van der Waals surface area contributed by atoms with Crippen molar-refractivity contribution in [3.8, 4) is 5.75 Å². The van der Waals surface area contributed by atoms with Gasteiger partial charge >= 0.3 is 5.97 Å². The molecule has 0 unspecified atom stereocenters. The van der Waals surface area contributed by atoms with Gasteiger partial charge in [0.15, 0.2) is 0 Å². The Kier molecular flexibility index (Phi) is 4.42. The predicted molar refractivity (Wildman–Crippen MR) is 75.5 cm³/mol. The third-order valence-electron chi connectivity index (χ3n) is 2.75. The summed E-state index contributed by atoms with van der Waals surface area (Å²) in [5.41, 5.74) is 0.222. The fourth-order valence-electron chi connectivity index (χ4n) is 1.75. The third kappa shape index (κ3) is 3.85. The lowest BCUT2D eigenvalue weighted by Gasteiger charge is -2.04. The monoisotopic (exact) mass is 302 g/mol. The van der Waals surface area contributed by atoms with Crippen LogP contribution < -0.4 is 4.74 Å². The zero-order valence-corrected chi connectivity index (χ0v) is 11.2. The second-order valence-electron chi connectivity index (χ2n) is 4.33. The molecule has 0 aromatic heterocycles. The second kappa shape index (κ2) is 6.44. The van der Waals surface area contributed by atoms with Gasteiger partial charge < -0.3 is 4.74 Å². The van der Waals surface area contributed by atoms with Gasteiger partial charge in [-0.15, -0.1) is 0 Å². The molecule has 0 spiro atoms. The number of esters is 1. The molecule has 0 N–H and O–H groups in total. The molecule has 0 fully saturated rings. The lowest BCUT2D eigenvalue weighted by molar-refractivity contribution is -0.385. The number of carbonyl (C=O) groups is 1. The summed E-state index contributed by atoms with van der Waals surface area (Å²) in [4.78, 5) is 31.8. The molecule has 0 saturated carbocycles. The Balaban J connectivity index is 2.02. The SMILES string of the molecule is O=C(Cc1cccc([N+](=O)[O-])c1)Oc1ccc([N+](=O)[O-])cc1. The fourth-order valence-corrected chi connectivity index (χ4v) is 1.75. The first kappa shape index (κ1) is 15.1. The number of hydrogen-bond acceptors (Lipinski definition) is 6. The van der Waals surface area contributed by atoms with Gasteiger partial charge in [-0.1, -0.05) is 12.1 Å². The van der Waals surface area contributed by atoms with E-state index in [0.29, 0.717) is 5.56 Å². The average Bonchev–Trinajstić information content (AvgIpc) is 2.47. The van der Waals surface area contributed by atoms with E-state index in [1.54, 1.807) is 6.07 Å². The van der Waals surface area contributed by atoms with Crippen LogP contribution in [0.3, 0.4) is 0 Å². The number of hydrogen-bond donors (Lipinski definition) is 0. The van der Waals surface area contributed by atoms with Crippen molar-refractivity contribution < 1.29 is 19.4 Å². The van der Waals surface area contributed by atoms with Crippen molar-refractivity contribution in [3.05, 3.63) is 74.3 Å². The molecule has 2 aromatic carbocycles. The number of benzene rings is 2. The molecular formula is C14H10N2O6. The Morgan fingerprint density at radius 2 is 1.59 bits per heavy atom. The lowest BCUT2D eigenvalue weighted by atomic mass is 10.1. The van der Waals surface area contributed by atoms with E-state index < -0.39 is 15.8 Å². The molecular weight excluding hydrogens is 292 g/mol.